The zero-order valence-electron chi connectivity index (χ0n) is 16.6. The van der Waals surface area contributed by atoms with Gasteiger partial charge in [0.2, 0.25) is 5.43 Å². The first kappa shape index (κ1) is 24.2. The molecule has 0 aliphatic rings. The van der Waals surface area contributed by atoms with Gasteiger partial charge in [0.1, 0.15) is 5.56 Å². The SMILES string of the molecule is CCn1c(C)c(-c2ccc(C(F)(F)F)c(Cl)c2)c(=O)c(C(=O)O)c1-c1ccc(Cl)c(Cl)c1. The Bertz CT molecular complexity index is 1300. The van der Waals surface area contributed by atoms with Gasteiger partial charge in [-0.25, -0.2) is 4.79 Å². The number of pyridine rings is 1. The highest BCUT2D eigenvalue weighted by Crippen LogP contribution is 2.38. The van der Waals surface area contributed by atoms with Gasteiger partial charge in [-0.1, -0.05) is 46.9 Å². The van der Waals surface area contributed by atoms with Crippen LogP contribution >= 0.6 is 34.8 Å². The van der Waals surface area contributed by atoms with Crippen molar-refractivity contribution in [1.29, 1.82) is 0 Å². The summed E-state index contributed by atoms with van der Waals surface area (Å²) in [6.07, 6.45) is -4.67. The Balaban J connectivity index is 2.40. The van der Waals surface area contributed by atoms with Gasteiger partial charge >= 0.3 is 12.1 Å². The van der Waals surface area contributed by atoms with Crippen LogP contribution in [0.2, 0.25) is 15.1 Å². The molecule has 0 aliphatic heterocycles. The molecule has 0 unspecified atom stereocenters. The number of halogens is 6. The molecule has 0 radical (unpaired) electrons. The molecule has 32 heavy (non-hydrogen) atoms. The van der Waals surface area contributed by atoms with Crippen molar-refractivity contribution in [2.24, 2.45) is 0 Å². The summed E-state index contributed by atoms with van der Waals surface area (Å²) < 4.78 is 40.8. The van der Waals surface area contributed by atoms with Crippen LogP contribution < -0.4 is 5.43 Å². The standard InChI is InChI=1S/C22H15Cl3F3NO3/c1-3-29-10(2)17(11-4-6-13(15(24)8-11)22(26,27)28)20(30)18(21(31)32)19(29)12-5-7-14(23)16(25)9-12/h4-9H,3H2,1-2H3,(H,31,32). The number of aromatic nitrogens is 1. The van der Waals surface area contributed by atoms with E-state index in [2.05, 4.69) is 0 Å². The second-order valence-corrected chi connectivity index (χ2v) is 8.11. The third-order valence-electron chi connectivity index (χ3n) is 5.01. The average Bonchev–Trinajstić information content (AvgIpc) is 2.68. The number of hydrogen-bond acceptors (Lipinski definition) is 2. The molecule has 0 saturated carbocycles. The van der Waals surface area contributed by atoms with E-state index in [1.54, 1.807) is 18.4 Å². The molecule has 3 rings (SSSR count). The van der Waals surface area contributed by atoms with Crippen molar-refractivity contribution in [3.8, 4) is 22.4 Å². The molecule has 0 aliphatic carbocycles. The summed E-state index contributed by atoms with van der Waals surface area (Å²) in [6, 6.07) is 7.34. The third kappa shape index (κ3) is 4.25. The van der Waals surface area contributed by atoms with Gasteiger partial charge < -0.3 is 9.67 Å². The number of aromatic carboxylic acids is 1. The highest BCUT2D eigenvalue weighted by Gasteiger charge is 2.33. The lowest BCUT2D eigenvalue weighted by Crippen LogP contribution is -2.25. The van der Waals surface area contributed by atoms with Crippen LogP contribution in [-0.2, 0) is 12.7 Å². The maximum atomic E-state index is 13.3. The minimum atomic E-state index is -4.67. The minimum Gasteiger partial charge on any atom is -0.477 e. The Morgan fingerprint density at radius 2 is 1.59 bits per heavy atom. The van der Waals surface area contributed by atoms with E-state index in [4.69, 9.17) is 34.8 Å². The molecule has 0 amide bonds. The zero-order valence-corrected chi connectivity index (χ0v) is 18.9. The third-order valence-corrected chi connectivity index (χ3v) is 6.07. The van der Waals surface area contributed by atoms with Gasteiger partial charge in [0.25, 0.3) is 0 Å². The Kier molecular flexibility index (Phi) is 6.65. The summed E-state index contributed by atoms with van der Waals surface area (Å²) in [5.41, 5.74) is -1.58. The number of benzene rings is 2. The molecule has 10 heteroatoms. The van der Waals surface area contributed by atoms with E-state index >= 15 is 0 Å². The van der Waals surface area contributed by atoms with Crippen LogP contribution in [0.15, 0.2) is 41.2 Å². The van der Waals surface area contributed by atoms with Crippen LogP contribution in [0.1, 0.15) is 28.5 Å². The summed E-state index contributed by atoms with van der Waals surface area (Å²) >= 11 is 17.9. The van der Waals surface area contributed by atoms with E-state index in [0.29, 0.717) is 11.3 Å². The van der Waals surface area contributed by atoms with Crippen molar-refractivity contribution in [1.82, 2.24) is 4.57 Å². The van der Waals surface area contributed by atoms with Gasteiger partial charge in [0.05, 0.1) is 26.3 Å². The molecule has 1 aromatic heterocycles. The molecule has 2 aromatic carbocycles. The Labute approximate surface area is 195 Å². The Morgan fingerprint density at radius 3 is 2.09 bits per heavy atom. The fraction of sp³-hybridized carbons (Fsp3) is 0.182. The largest absolute Gasteiger partial charge is 0.477 e. The van der Waals surface area contributed by atoms with E-state index in [9.17, 15) is 27.9 Å². The second-order valence-electron chi connectivity index (χ2n) is 6.88. The minimum absolute atomic E-state index is 0.0521. The van der Waals surface area contributed by atoms with Crippen LogP contribution in [-0.4, -0.2) is 15.6 Å². The summed E-state index contributed by atoms with van der Waals surface area (Å²) in [6.45, 7) is 3.59. The zero-order chi connectivity index (χ0) is 24.0. The van der Waals surface area contributed by atoms with Crippen molar-refractivity contribution in [3.05, 3.63) is 78.5 Å². The molecule has 168 valence electrons. The number of hydrogen-bond donors (Lipinski definition) is 1. The molecule has 4 nitrogen and oxygen atoms in total. The second kappa shape index (κ2) is 8.81. The highest BCUT2D eigenvalue weighted by molar-refractivity contribution is 6.42. The van der Waals surface area contributed by atoms with Crippen LogP contribution in [0.25, 0.3) is 22.4 Å². The van der Waals surface area contributed by atoms with E-state index < -0.39 is 33.7 Å². The first-order valence-corrected chi connectivity index (χ1v) is 10.3. The summed E-state index contributed by atoms with van der Waals surface area (Å²) in [5, 5.41) is 9.71. The van der Waals surface area contributed by atoms with Crippen molar-refractivity contribution < 1.29 is 23.1 Å². The summed E-state index contributed by atoms with van der Waals surface area (Å²) in [5.74, 6) is -1.49. The van der Waals surface area contributed by atoms with Gasteiger partial charge in [-0.05, 0) is 43.7 Å². The number of rotatable bonds is 4. The van der Waals surface area contributed by atoms with E-state index in [0.717, 1.165) is 18.2 Å². The molecular formula is C22H15Cl3F3NO3. The number of alkyl halides is 3. The van der Waals surface area contributed by atoms with Gasteiger partial charge in [-0.15, -0.1) is 0 Å². The molecule has 0 spiro atoms. The summed E-state index contributed by atoms with van der Waals surface area (Å²) in [7, 11) is 0. The van der Waals surface area contributed by atoms with E-state index in [-0.39, 0.29) is 33.4 Å². The number of nitrogens with zero attached hydrogens (tertiary/aromatic N) is 1. The van der Waals surface area contributed by atoms with Crippen molar-refractivity contribution in [3.63, 3.8) is 0 Å². The van der Waals surface area contributed by atoms with Gasteiger partial charge in [0, 0.05) is 23.4 Å². The predicted molar refractivity (Wildman–Crippen MR) is 119 cm³/mol. The lowest BCUT2D eigenvalue weighted by Gasteiger charge is -2.21. The Hall–Kier alpha value is -2.48. The number of carbonyl (C=O) groups is 1. The maximum Gasteiger partial charge on any atom is 0.417 e. The molecule has 1 N–H and O–H groups in total. The van der Waals surface area contributed by atoms with Gasteiger partial charge in [-0.3, -0.25) is 4.79 Å². The van der Waals surface area contributed by atoms with Crippen molar-refractivity contribution in [2.75, 3.05) is 0 Å². The van der Waals surface area contributed by atoms with Crippen LogP contribution in [0, 0.1) is 6.92 Å². The van der Waals surface area contributed by atoms with Crippen LogP contribution in [0.3, 0.4) is 0 Å². The molecule has 1 heterocycles. The molecule has 0 fully saturated rings. The van der Waals surface area contributed by atoms with Gasteiger partial charge in [-0.2, -0.15) is 13.2 Å². The fourth-order valence-corrected chi connectivity index (χ4v) is 4.20. The van der Waals surface area contributed by atoms with Crippen LogP contribution in [0.4, 0.5) is 13.2 Å². The molecule has 0 saturated heterocycles. The highest BCUT2D eigenvalue weighted by atomic mass is 35.5. The molecule has 0 atom stereocenters. The quantitative estimate of drug-likeness (QED) is 0.409. The van der Waals surface area contributed by atoms with E-state index in [1.807, 2.05) is 0 Å². The summed E-state index contributed by atoms with van der Waals surface area (Å²) in [4.78, 5) is 25.5. The molecule has 3 aromatic rings. The number of carboxylic acids is 1. The lowest BCUT2D eigenvalue weighted by atomic mass is 9.95. The topological polar surface area (TPSA) is 59.3 Å². The first-order valence-electron chi connectivity index (χ1n) is 9.21. The van der Waals surface area contributed by atoms with Gasteiger partial charge in [0.15, 0.2) is 0 Å². The average molecular weight is 505 g/mol. The van der Waals surface area contributed by atoms with Crippen LogP contribution in [0.5, 0.6) is 0 Å². The lowest BCUT2D eigenvalue weighted by molar-refractivity contribution is -0.137. The Morgan fingerprint density at radius 1 is 1.00 bits per heavy atom. The van der Waals surface area contributed by atoms with Crippen molar-refractivity contribution in [2.45, 2.75) is 26.6 Å². The normalized spacial score (nSPS) is 11.6. The smallest absolute Gasteiger partial charge is 0.417 e. The number of carboxylic acid groups (broad SMARTS) is 1. The van der Waals surface area contributed by atoms with E-state index in [1.165, 1.54) is 18.2 Å². The monoisotopic (exact) mass is 503 g/mol. The van der Waals surface area contributed by atoms with Crippen molar-refractivity contribution >= 4 is 40.8 Å². The first-order chi connectivity index (χ1) is 14.9. The molecular weight excluding hydrogens is 490 g/mol. The molecule has 0 bridgehead atoms. The maximum absolute atomic E-state index is 13.3. The fourth-order valence-electron chi connectivity index (χ4n) is 3.61. The predicted octanol–water partition coefficient (Wildman–Crippen LogP) is 7.19.